The third kappa shape index (κ3) is 12.6. The first kappa shape index (κ1) is 33.9. The van der Waals surface area contributed by atoms with Gasteiger partial charge in [-0.1, -0.05) is 17.1 Å². The zero-order chi connectivity index (χ0) is 27.0. The van der Waals surface area contributed by atoms with Gasteiger partial charge in [0.05, 0.1) is 55.6 Å². The van der Waals surface area contributed by atoms with Gasteiger partial charge in [0.15, 0.2) is 0 Å². The van der Waals surface area contributed by atoms with E-state index < -0.39 is 18.0 Å². The minimum absolute atomic E-state index is 0. The summed E-state index contributed by atoms with van der Waals surface area (Å²) in [5, 5.41) is 36.3. The molecular weight excluding hydrogens is 527 g/mol. The standard InChI is InChI=1S/C24H28N4O8S.Na/c1-17(29)15-33-11-12-34-16-22(30)14-28(2)21-8-4-18(5-9-21)23(31)10-6-19-3-7-20(26-27-25)13-24(19)37-36-35-32;/h3-5,7-9,13,17,22,29-30,32H,11-12,14-16H2,1-2H3;/q;+1/p-1. The van der Waals surface area contributed by atoms with Crippen LogP contribution in [0.5, 0.6) is 0 Å². The summed E-state index contributed by atoms with van der Waals surface area (Å²) in [5.74, 6) is 4.82. The molecule has 0 heterocycles. The van der Waals surface area contributed by atoms with Crippen molar-refractivity contribution in [3.05, 3.63) is 64.0 Å². The molecule has 0 aliphatic heterocycles. The minimum Gasteiger partial charge on any atom is -0.691 e. The molecule has 0 saturated heterocycles. The molecule has 0 aromatic heterocycles. The van der Waals surface area contributed by atoms with E-state index in [9.17, 15) is 15.2 Å². The molecule has 2 unspecified atom stereocenters. The Morgan fingerprint density at radius 1 is 1.18 bits per heavy atom. The Morgan fingerprint density at radius 2 is 1.87 bits per heavy atom. The fraction of sp³-hybridized carbons (Fsp3) is 0.375. The fourth-order valence-electron chi connectivity index (χ4n) is 2.98. The van der Waals surface area contributed by atoms with Crippen molar-refractivity contribution in [2.75, 3.05) is 44.9 Å². The molecule has 2 rings (SSSR count). The molecule has 0 radical (unpaired) electrons. The van der Waals surface area contributed by atoms with Crippen LogP contribution in [-0.4, -0.2) is 68.2 Å². The monoisotopic (exact) mass is 554 g/mol. The average Bonchev–Trinajstić information content (AvgIpc) is 2.88. The predicted octanol–water partition coefficient (Wildman–Crippen LogP) is -0.691. The van der Waals surface area contributed by atoms with Gasteiger partial charge in [0.2, 0.25) is 5.78 Å². The third-order valence-corrected chi connectivity index (χ3v) is 5.32. The zero-order valence-corrected chi connectivity index (χ0v) is 24.1. The Balaban J connectivity index is 0.00000722. The Morgan fingerprint density at radius 3 is 2.50 bits per heavy atom. The molecule has 0 amide bonds. The first-order valence-corrected chi connectivity index (χ1v) is 11.8. The van der Waals surface area contributed by atoms with Gasteiger partial charge in [0.25, 0.3) is 0 Å². The fourth-order valence-corrected chi connectivity index (χ4v) is 3.46. The van der Waals surface area contributed by atoms with E-state index >= 15 is 0 Å². The van der Waals surface area contributed by atoms with E-state index in [4.69, 9.17) is 20.1 Å². The van der Waals surface area contributed by atoms with Gasteiger partial charge in [-0.2, -0.15) is 4.33 Å². The SMILES string of the molecule is CC(O)COCCOCC(O)CN(C)c1ccc(C(=O)C#Cc2ccc(N=[N+]=[N-])cc2SOO[O-])cc1.[Na+]. The number of Topliss-reactive ketones (excluding diaryl/α,β-unsaturated/α-hetero) is 1. The topological polar surface area (TPSA) is 170 Å². The molecule has 0 saturated carbocycles. The molecular formula is C24H27N4NaO8S. The molecule has 2 aromatic carbocycles. The molecule has 2 aromatic rings. The van der Waals surface area contributed by atoms with Gasteiger partial charge in [0.1, 0.15) is 0 Å². The number of ether oxygens (including phenoxy) is 2. The molecule has 198 valence electrons. The maximum atomic E-state index is 12.6. The molecule has 2 N–H and O–H groups in total. The molecule has 0 fully saturated rings. The van der Waals surface area contributed by atoms with Gasteiger partial charge in [-0.3, -0.25) is 9.83 Å². The van der Waals surface area contributed by atoms with E-state index in [-0.39, 0.29) is 48.5 Å². The number of carbonyl (C=O) groups is 1. The second-order valence-corrected chi connectivity index (χ2v) is 8.49. The first-order valence-electron chi connectivity index (χ1n) is 11.1. The van der Waals surface area contributed by atoms with Crippen molar-refractivity contribution in [2.45, 2.75) is 24.0 Å². The van der Waals surface area contributed by atoms with E-state index in [2.05, 4.69) is 31.2 Å². The molecule has 0 spiro atoms. The molecule has 38 heavy (non-hydrogen) atoms. The summed E-state index contributed by atoms with van der Waals surface area (Å²) in [5.41, 5.74) is 10.4. The van der Waals surface area contributed by atoms with Crippen molar-refractivity contribution in [2.24, 2.45) is 5.11 Å². The van der Waals surface area contributed by atoms with Crippen molar-refractivity contribution >= 4 is 29.2 Å². The summed E-state index contributed by atoms with van der Waals surface area (Å²) in [6, 6.07) is 11.2. The number of likely N-dealkylation sites (N-methyl/N-ethyl adjacent to an activating group) is 1. The van der Waals surface area contributed by atoms with Crippen molar-refractivity contribution < 1.29 is 68.7 Å². The molecule has 2 atom stereocenters. The van der Waals surface area contributed by atoms with E-state index in [0.29, 0.717) is 47.8 Å². The molecule has 0 bridgehead atoms. The zero-order valence-electron chi connectivity index (χ0n) is 21.3. The van der Waals surface area contributed by atoms with Crippen LogP contribution in [0.25, 0.3) is 10.4 Å². The van der Waals surface area contributed by atoms with Gasteiger partial charge >= 0.3 is 29.6 Å². The Hall–Kier alpha value is -2.15. The van der Waals surface area contributed by atoms with E-state index in [0.717, 1.165) is 5.69 Å². The van der Waals surface area contributed by atoms with Crippen molar-refractivity contribution in [1.82, 2.24) is 0 Å². The van der Waals surface area contributed by atoms with Crippen LogP contribution in [0, 0.1) is 11.8 Å². The Labute approximate surface area is 246 Å². The van der Waals surface area contributed by atoms with Crippen LogP contribution in [0.2, 0.25) is 0 Å². The van der Waals surface area contributed by atoms with Crippen LogP contribution in [0.15, 0.2) is 52.5 Å². The summed E-state index contributed by atoms with van der Waals surface area (Å²) in [6.45, 7) is 2.94. The third-order valence-electron chi connectivity index (χ3n) is 4.68. The second kappa shape index (κ2) is 19.0. The summed E-state index contributed by atoms with van der Waals surface area (Å²) in [4.78, 5) is 17.4. The number of carbonyl (C=O) groups excluding carboxylic acids is 1. The number of ketones is 1. The van der Waals surface area contributed by atoms with Crippen molar-refractivity contribution in [3.8, 4) is 11.8 Å². The Kier molecular flexibility index (Phi) is 16.9. The van der Waals surface area contributed by atoms with Gasteiger partial charge in [0, 0.05) is 41.0 Å². The number of nitrogens with zero attached hydrogens (tertiary/aromatic N) is 4. The number of aliphatic hydroxyl groups excluding tert-OH is 2. The van der Waals surface area contributed by atoms with Gasteiger partial charge < -0.3 is 29.8 Å². The number of rotatable bonds is 15. The van der Waals surface area contributed by atoms with Crippen LogP contribution >= 0.6 is 12.0 Å². The second-order valence-electron chi connectivity index (χ2n) is 7.75. The van der Waals surface area contributed by atoms with Crippen LogP contribution in [0.1, 0.15) is 22.8 Å². The van der Waals surface area contributed by atoms with Gasteiger partial charge in [-0.15, -0.1) is 0 Å². The normalized spacial score (nSPS) is 11.8. The summed E-state index contributed by atoms with van der Waals surface area (Å²) in [7, 11) is 1.80. The quantitative estimate of drug-likeness (QED) is 0.0274. The summed E-state index contributed by atoms with van der Waals surface area (Å²) in [6.07, 6.45) is -1.27. The smallest absolute Gasteiger partial charge is 0.691 e. The Bertz CT molecular complexity index is 1120. The maximum Gasteiger partial charge on any atom is 1.00 e. The summed E-state index contributed by atoms with van der Waals surface area (Å²) < 4.78 is 14.9. The number of aliphatic hydroxyl groups is 2. The molecule has 12 nitrogen and oxygen atoms in total. The maximum absolute atomic E-state index is 12.6. The number of hydrogen-bond donors (Lipinski definition) is 2. The minimum atomic E-state index is -0.734. The molecule has 14 heteroatoms. The largest absolute Gasteiger partial charge is 1.00 e. The van der Waals surface area contributed by atoms with E-state index in [1.165, 1.54) is 18.2 Å². The van der Waals surface area contributed by atoms with Crippen LogP contribution in [0.3, 0.4) is 0 Å². The van der Waals surface area contributed by atoms with Gasteiger partial charge in [-0.25, -0.2) is 0 Å². The van der Waals surface area contributed by atoms with E-state index in [1.54, 1.807) is 38.2 Å². The molecule has 0 aliphatic carbocycles. The number of anilines is 1. The van der Waals surface area contributed by atoms with Crippen LogP contribution < -0.4 is 39.7 Å². The van der Waals surface area contributed by atoms with Crippen LogP contribution in [0.4, 0.5) is 11.4 Å². The number of benzene rings is 2. The van der Waals surface area contributed by atoms with Crippen molar-refractivity contribution in [3.63, 3.8) is 0 Å². The van der Waals surface area contributed by atoms with Crippen LogP contribution in [-0.2, 0) is 18.8 Å². The van der Waals surface area contributed by atoms with Gasteiger partial charge in [-0.05, 0) is 54.8 Å². The number of hydrogen-bond acceptors (Lipinski definition) is 11. The first-order chi connectivity index (χ1) is 17.8. The number of azide groups is 1. The average molecular weight is 555 g/mol. The summed E-state index contributed by atoms with van der Waals surface area (Å²) >= 11 is 0.571. The van der Waals surface area contributed by atoms with E-state index in [1.807, 2.05) is 4.90 Å². The van der Waals surface area contributed by atoms with Crippen molar-refractivity contribution in [1.29, 1.82) is 0 Å². The predicted molar refractivity (Wildman–Crippen MR) is 134 cm³/mol. The molecule has 0 aliphatic rings.